The van der Waals surface area contributed by atoms with Gasteiger partial charge in [-0.15, -0.1) is 13.2 Å². The SMILES string of the molecule is COc1ccc2c(c1)O[C@@H](c1ccc(C(=O)O)cc1)C[C@H]2NC(=O)C1(C)CCc2cc(OC(F)(F)F)ccc21. The molecule has 7 nitrogen and oxygen atoms in total. The lowest BCUT2D eigenvalue weighted by molar-refractivity contribution is -0.274. The van der Waals surface area contributed by atoms with E-state index < -0.39 is 29.9 Å². The number of hydrogen-bond donors (Lipinski definition) is 2. The second-order valence-corrected chi connectivity index (χ2v) is 9.90. The molecule has 0 bridgehead atoms. The fraction of sp³-hybridized carbons (Fsp3) is 0.310. The summed E-state index contributed by atoms with van der Waals surface area (Å²) in [6, 6.07) is 15.4. The van der Waals surface area contributed by atoms with Crippen LogP contribution in [0, 0.1) is 0 Å². The maximum Gasteiger partial charge on any atom is 0.573 e. The summed E-state index contributed by atoms with van der Waals surface area (Å²) < 4.78 is 53.7. The van der Waals surface area contributed by atoms with Crippen molar-refractivity contribution in [2.75, 3.05) is 7.11 Å². The lowest BCUT2D eigenvalue weighted by atomic mass is 9.82. The van der Waals surface area contributed by atoms with E-state index in [9.17, 15) is 27.9 Å². The number of ether oxygens (including phenoxy) is 3. The molecule has 5 rings (SSSR count). The molecule has 0 radical (unpaired) electrons. The quantitative estimate of drug-likeness (QED) is 0.405. The van der Waals surface area contributed by atoms with Gasteiger partial charge < -0.3 is 24.6 Å². The van der Waals surface area contributed by atoms with Gasteiger partial charge in [0, 0.05) is 18.1 Å². The monoisotopic (exact) mass is 541 g/mol. The van der Waals surface area contributed by atoms with Crippen molar-refractivity contribution in [2.24, 2.45) is 0 Å². The molecule has 0 fully saturated rings. The highest BCUT2D eigenvalue weighted by molar-refractivity contribution is 5.90. The van der Waals surface area contributed by atoms with Crippen LogP contribution in [-0.2, 0) is 16.6 Å². The predicted molar refractivity (Wildman–Crippen MR) is 134 cm³/mol. The van der Waals surface area contributed by atoms with Crippen molar-refractivity contribution in [1.82, 2.24) is 5.32 Å². The van der Waals surface area contributed by atoms with Gasteiger partial charge in [-0.25, -0.2) is 4.79 Å². The van der Waals surface area contributed by atoms with E-state index >= 15 is 0 Å². The number of carbonyl (C=O) groups is 2. The van der Waals surface area contributed by atoms with E-state index in [2.05, 4.69) is 10.1 Å². The summed E-state index contributed by atoms with van der Waals surface area (Å²) in [7, 11) is 1.54. The average Bonchev–Trinajstić information content (AvgIpc) is 3.24. The Labute approximate surface area is 222 Å². The zero-order valence-corrected chi connectivity index (χ0v) is 21.2. The number of fused-ring (bicyclic) bond motifs is 2. The number of alkyl halides is 3. The van der Waals surface area contributed by atoms with Gasteiger partial charge in [0.05, 0.1) is 24.1 Å². The summed E-state index contributed by atoms with van der Waals surface area (Å²) in [4.78, 5) is 25.0. The van der Waals surface area contributed by atoms with Gasteiger partial charge in [-0.2, -0.15) is 0 Å². The molecule has 1 unspecified atom stereocenters. The van der Waals surface area contributed by atoms with E-state index in [1.165, 1.54) is 37.4 Å². The highest BCUT2D eigenvalue weighted by atomic mass is 19.4. The Morgan fingerprint density at radius 2 is 1.77 bits per heavy atom. The number of methoxy groups -OCH3 is 1. The van der Waals surface area contributed by atoms with Crippen molar-refractivity contribution in [1.29, 1.82) is 0 Å². The van der Waals surface area contributed by atoms with E-state index in [1.54, 1.807) is 31.2 Å². The fourth-order valence-electron chi connectivity index (χ4n) is 5.34. The lowest BCUT2D eigenvalue weighted by Crippen LogP contribution is -2.44. The number of aryl methyl sites for hydroxylation is 1. The largest absolute Gasteiger partial charge is 0.573 e. The van der Waals surface area contributed by atoms with Crippen LogP contribution in [0.4, 0.5) is 13.2 Å². The van der Waals surface area contributed by atoms with Crippen LogP contribution in [-0.4, -0.2) is 30.5 Å². The first-order chi connectivity index (χ1) is 18.5. The number of benzene rings is 3. The second-order valence-electron chi connectivity index (χ2n) is 9.90. The summed E-state index contributed by atoms with van der Waals surface area (Å²) in [5.74, 6) is -0.485. The predicted octanol–water partition coefficient (Wildman–Crippen LogP) is 5.88. The number of halogens is 3. The Hall–Kier alpha value is -4.21. The summed E-state index contributed by atoms with van der Waals surface area (Å²) in [6.07, 6.45) is -4.00. The molecule has 1 aliphatic carbocycles. The highest BCUT2D eigenvalue weighted by Crippen LogP contribution is 2.45. The highest BCUT2D eigenvalue weighted by Gasteiger charge is 2.43. The van der Waals surface area contributed by atoms with Gasteiger partial charge in [0.15, 0.2) is 0 Å². The minimum atomic E-state index is -4.79. The molecule has 1 heterocycles. The number of carboxylic acid groups (broad SMARTS) is 1. The van der Waals surface area contributed by atoms with E-state index in [1.807, 2.05) is 6.07 Å². The Bertz CT molecular complexity index is 1420. The Morgan fingerprint density at radius 3 is 2.44 bits per heavy atom. The molecule has 2 N–H and O–H groups in total. The molecule has 3 atom stereocenters. The number of carboxylic acids is 1. The van der Waals surface area contributed by atoms with Crippen LogP contribution in [0.5, 0.6) is 17.2 Å². The number of carbonyl (C=O) groups excluding carboxylic acids is 1. The van der Waals surface area contributed by atoms with Crippen LogP contribution in [0.2, 0.25) is 0 Å². The molecule has 10 heteroatoms. The van der Waals surface area contributed by atoms with Gasteiger partial charge >= 0.3 is 12.3 Å². The number of hydrogen-bond acceptors (Lipinski definition) is 5. The molecular weight excluding hydrogens is 515 g/mol. The van der Waals surface area contributed by atoms with Crippen molar-refractivity contribution in [2.45, 2.75) is 50.1 Å². The topological polar surface area (TPSA) is 94.1 Å². The van der Waals surface area contributed by atoms with E-state index in [4.69, 9.17) is 9.47 Å². The van der Waals surface area contributed by atoms with Gasteiger partial charge in [0.2, 0.25) is 5.91 Å². The molecule has 39 heavy (non-hydrogen) atoms. The maximum absolute atomic E-state index is 13.8. The van der Waals surface area contributed by atoms with Crippen LogP contribution in [0.3, 0.4) is 0 Å². The van der Waals surface area contributed by atoms with E-state index in [0.717, 1.165) is 11.1 Å². The maximum atomic E-state index is 13.8. The molecule has 0 saturated heterocycles. The first-order valence-corrected chi connectivity index (χ1v) is 12.3. The number of rotatable bonds is 6. The zero-order chi connectivity index (χ0) is 27.9. The van der Waals surface area contributed by atoms with Crippen LogP contribution in [0.1, 0.15) is 64.5 Å². The molecule has 1 aliphatic heterocycles. The van der Waals surface area contributed by atoms with Crippen molar-refractivity contribution in [3.8, 4) is 17.2 Å². The molecule has 0 saturated carbocycles. The Balaban J connectivity index is 1.42. The molecule has 2 aliphatic rings. The summed E-state index contributed by atoms with van der Waals surface area (Å²) in [6.45, 7) is 1.79. The molecular formula is C29H26F3NO6. The molecule has 1 amide bonds. The van der Waals surface area contributed by atoms with Gasteiger partial charge in [-0.1, -0.05) is 18.2 Å². The van der Waals surface area contributed by atoms with Crippen LogP contribution in [0.25, 0.3) is 0 Å². The van der Waals surface area contributed by atoms with Crippen LogP contribution >= 0.6 is 0 Å². The number of nitrogens with one attached hydrogen (secondary N) is 1. The van der Waals surface area contributed by atoms with Crippen LogP contribution < -0.4 is 19.5 Å². The normalized spacial score (nSPS) is 21.8. The Morgan fingerprint density at radius 1 is 1.05 bits per heavy atom. The number of amides is 1. The molecule has 3 aromatic carbocycles. The van der Waals surface area contributed by atoms with Gasteiger partial charge in [0.25, 0.3) is 0 Å². The summed E-state index contributed by atoms with van der Waals surface area (Å²) in [5, 5.41) is 12.4. The molecule has 3 aromatic rings. The first kappa shape index (κ1) is 26.4. The second kappa shape index (κ2) is 9.83. The minimum Gasteiger partial charge on any atom is -0.497 e. The summed E-state index contributed by atoms with van der Waals surface area (Å²) >= 11 is 0. The molecule has 204 valence electrons. The third-order valence-electron chi connectivity index (χ3n) is 7.45. The Kier molecular flexibility index (Phi) is 6.65. The van der Waals surface area contributed by atoms with Crippen molar-refractivity contribution < 1.29 is 42.1 Å². The smallest absolute Gasteiger partial charge is 0.497 e. The van der Waals surface area contributed by atoms with Gasteiger partial charge in [0.1, 0.15) is 23.4 Å². The van der Waals surface area contributed by atoms with Crippen molar-refractivity contribution >= 4 is 11.9 Å². The van der Waals surface area contributed by atoms with Crippen LogP contribution in [0.15, 0.2) is 60.7 Å². The van der Waals surface area contributed by atoms with Gasteiger partial charge in [-0.05, 0) is 72.9 Å². The fourth-order valence-corrected chi connectivity index (χ4v) is 5.34. The third-order valence-corrected chi connectivity index (χ3v) is 7.45. The molecule has 0 spiro atoms. The molecule has 0 aromatic heterocycles. The summed E-state index contributed by atoms with van der Waals surface area (Å²) in [5.41, 5.74) is 2.02. The number of aromatic carboxylic acids is 1. The zero-order valence-electron chi connectivity index (χ0n) is 21.2. The standard InChI is InChI=1S/C29H26F3NO6/c1-28(12-11-18-13-20(8-10-22(18)28)39-29(30,31)32)27(36)33-23-15-24(16-3-5-17(6-4-16)26(34)35)38-25-14-19(37-2)7-9-21(23)25/h3-10,13-14,23-24H,11-12,15H2,1-2H3,(H,33,36)(H,34,35)/t23-,24-,28?/m1/s1. The van der Waals surface area contributed by atoms with Crippen molar-refractivity contribution in [3.63, 3.8) is 0 Å². The lowest BCUT2D eigenvalue weighted by Gasteiger charge is -2.35. The van der Waals surface area contributed by atoms with E-state index in [-0.39, 0.29) is 17.2 Å². The van der Waals surface area contributed by atoms with E-state index in [0.29, 0.717) is 41.9 Å². The minimum absolute atomic E-state index is 0.151. The van der Waals surface area contributed by atoms with Gasteiger partial charge in [-0.3, -0.25) is 4.79 Å². The third kappa shape index (κ3) is 5.23. The van der Waals surface area contributed by atoms with Crippen molar-refractivity contribution in [3.05, 3.63) is 88.5 Å². The average molecular weight is 542 g/mol. The first-order valence-electron chi connectivity index (χ1n) is 12.3.